The lowest BCUT2D eigenvalue weighted by atomic mass is 9.79. The van der Waals surface area contributed by atoms with Crippen molar-refractivity contribution in [3.05, 3.63) is 131 Å². The van der Waals surface area contributed by atoms with E-state index in [4.69, 9.17) is 18.6 Å². The van der Waals surface area contributed by atoms with Crippen LogP contribution in [0.5, 0.6) is 5.75 Å². The molecule has 3 atom stereocenters. The summed E-state index contributed by atoms with van der Waals surface area (Å²) in [7, 11) is -1.95. The van der Waals surface area contributed by atoms with E-state index in [-0.39, 0.29) is 19.8 Å². The Hall–Kier alpha value is -4.58. The third kappa shape index (κ3) is 7.59. The number of ether oxygens (including phenoxy) is 3. The summed E-state index contributed by atoms with van der Waals surface area (Å²) in [6, 6.07) is 26.3. The summed E-state index contributed by atoms with van der Waals surface area (Å²) in [5, 5.41) is 3.46. The molecule has 50 heavy (non-hydrogen) atoms. The molecular formula is C39H42F2N2O6Si. The number of nitrogens with one attached hydrogen (secondary N) is 1. The first-order chi connectivity index (χ1) is 23.7. The van der Waals surface area contributed by atoms with Crippen LogP contribution < -0.4 is 9.74 Å². The van der Waals surface area contributed by atoms with Crippen molar-refractivity contribution >= 4 is 26.0 Å². The second kappa shape index (κ2) is 14.0. The molecule has 4 aromatic rings. The van der Waals surface area contributed by atoms with E-state index in [1.165, 1.54) is 36.4 Å². The molecule has 2 heterocycles. The number of nitrogens with zero attached hydrogens (tertiary/aromatic N) is 1. The van der Waals surface area contributed by atoms with Crippen molar-refractivity contribution in [2.75, 3.05) is 25.1 Å². The molecule has 0 aromatic heterocycles. The zero-order valence-electron chi connectivity index (χ0n) is 28.8. The second-order valence-corrected chi connectivity index (χ2v) is 18.9. The van der Waals surface area contributed by atoms with Crippen molar-refractivity contribution < 1.29 is 37.0 Å². The lowest BCUT2D eigenvalue weighted by molar-refractivity contribution is -0.330. The molecule has 0 unspecified atom stereocenters. The molecular weight excluding hydrogens is 659 g/mol. The zero-order valence-corrected chi connectivity index (χ0v) is 29.8. The van der Waals surface area contributed by atoms with Crippen molar-refractivity contribution in [3.63, 3.8) is 0 Å². The average molecular weight is 701 g/mol. The number of carbonyl (C=O) groups excluding carboxylic acids is 2. The molecule has 2 aliphatic heterocycles. The van der Waals surface area contributed by atoms with E-state index in [0.717, 1.165) is 4.90 Å². The number of hydrogen-bond acceptors (Lipinski definition) is 7. The molecule has 1 N–H and O–H groups in total. The first-order valence-electron chi connectivity index (χ1n) is 16.6. The van der Waals surface area contributed by atoms with Gasteiger partial charge in [0.25, 0.3) is 0 Å². The molecule has 2 fully saturated rings. The van der Waals surface area contributed by atoms with Crippen LogP contribution in [0, 0.1) is 23.0 Å². The number of carbonyl (C=O) groups is 2. The lowest BCUT2D eigenvalue weighted by Crippen LogP contribution is -2.57. The molecule has 11 heteroatoms. The Morgan fingerprint density at radius 1 is 0.860 bits per heavy atom. The largest absolute Gasteiger partial charge is 0.544 e. The van der Waals surface area contributed by atoms with E-state index >= 15 is 4.79 Å². The van der Waals surface area contributed by atoms with Crippen molar-refractivity contribution in [3.8, 4) is 5.75 Å². The van der Waals surface area contributed by atoms with E-state index in [9.17, 15) is 13.6 Å². The summed E-state index contributed by atoms with van der Waals surface area (Å²) in [6.45, 7) is 10.5. The minimum Gasteiger partial charge on any atom is -0.544 e. The maximum absolute atomic E-state index is 15.4. The van der Waals surface area contributed by atoms with Gasteiger partial charge in [0.1, 0.15) is 36.0 Å². The highest BCUT2D eigenvalue weighted by Gasteiger charge is 2.58. The van der Waals surface area contributed by atoms with Gasteiger partial charge >= 0.3 is 6.09 Å². The Labute approximate surface area is 292 Å². The Balaban J connectivity index is 1.56. The van der Waals surface area contributed by atoms with Crippen LogP contribution in [0.3, 0.4) is 0 Å². The number of benzene rings is 4. The van der Waals surface area contributed by atoms with Crippen LogP contribution in [-0.4, -0.2) is 45.0 Å². The molecule has 4 aromatic carbocycles. The summed E-state index contributed by atoms with van der Waals surface area (Å²) in [6.07, 6.45) is -0.807. The molecule has 8 nitrogen and oxygen atoms in total. The van der Waals surface area contributed by atoms with Gasteiger partial charge in [0, 0.05) is 16.7 Å². The van der Waals surface area contributed by atoms with Crippen molar-refractivity contribution in [1.29, 1.82) is 0 Å². The van der Waals surface area contributed by atoms with Crippen LogP contribution in [0.25, 0.3) is 0 Å². The highest BCUT2D eigenvalue weighted by molar-refractivity contribution is 6.70. The second-order valence-electron chi connectivity index (χ2n) is 14.5. The molecule has 6 rings (SSSR count). The minimum atomic E-state index is -1.95. The number of imide groups is 1. The smallest absolute Gasteiger partial charge is 0.417 e. The Kier molecular flexibility index (Phi) is 9.85. The highest BCUT2D eigenvalue weighted by atomic mass is 28.4. The highest BCUT2D eigenvalue weighted by Crippen LogP contribution is 2.49. The van der Waals surface area contributed by atoms with Gasteiger partial charge in [0.05, 0.1) is 19.3 Å². The van der Waals surface area contributed by atoms with Gasteiger partial charge in [-0.2, -0.15) is 0 Å². The van der Waals surface area contributed by atoms with Gasteiger partial charge in [0.15, 0.2) is 0 Å². The van der Waals surface area contributed by atoms with Crippen LogP contribution in [0.4, 0.5) is 19.3 Å². The van der Waals surface area contributed by atoms with Gasteiger partial charge in [-0.3, -0.25) is 4.79 Å². The third-order valence-corrected chi connectivity index (χ3v) is 9.58. The van der Waals surface area contributed by atoms with Gasteiger partial charge in [0.2, 0.25) is 20.0 Å². The fourth-order valence-corrected chi connectivity index (χ4v) is 7.18. The van der Waals surface area contributed by atoms with Crippen molar-refractivity contribution in [1.82, 2.24) is 4.90 Å². The first-order valence-corrected chi connectivity index (χ1v) is 20.1. The fraction of sp³-hybridized carbons (Fsp3) is 0.333. The quantitative estimate of drug-likeness (QED) is 0.166. The topological polar surface area (TPSA) is 86.3 Å². The van der Waals surface area contributed by atoms with E-state index in [1.54, 1.807) is 12.1 Å². The predicted molar refractivity (Wildman–Crippen MR) is 188 cm³/mol. The lowest BCUT2D eigenvalue weighted by Gasteiger charge is -2.49. The SMILES string of the molecule is CC1(C)COC(c2ccc(F)cc2)([C@@H](C(=O)N2C(=O)OC[C@@H]2c2ccccc2)[C@H](Nc2ccc(F)cc2)c2ccc(O[Si](C)(C)C)cc2)OC1. The number of cyclic esters (lactones) is 1. The molecule has 0 radical (unpaired) electrons. The van der Waals surface area contributed by atoms with Crippen LogP contribution in [0.15, 0.2) is 103 Å². The maximum atomic E-state index is 15.4. The molecule has 2 aliphatic rings. The Morgan fingerprint density at radius 2 is 1.44 bits per heavy atom. The summed E-state index contributed by atoms with van der Waals surface area (Å²) in [4.78, 5) is 30.1. The van der Waals surface area contributed by atoms with E-state index in [1.807, 2.05) is 68.4 Å². The zero-order chi connectivity index (χ0) is 35.7. The van der Waals surface area contributed by atoms with Gasteiger partial charge < -0.3 is 24.0 Å². The van der Waals surface area contributed by atoms with Gasteiger partial charge in [-0.25, -0.2) is 18.5 Å². The summed E-state index contributed by atoms with van der Waals surface area (Å²) < 4.78 is 53.7. The molecule has 0 saturated carbocycles. The molecule has 2 saturated heterocycles. The Bertz CT molecular complexity index is 1790. The van der Waals surface area contributed by atoms with Crippen LogP contribution in [0.1, 0.15) is 42.6 Å². The summed E-state index contributed by atoms with van der Waals surface area (Å²) in [5.74, 6) is -3.99. The molecule has 2 amide bonds. The van der Waals surface area contributed by atoms with Gasteiger partial charge in [-0.05, 0) is 79.3 Å². The number of amides is 2. The average Bonchev–Trinajstić information content (AvgIpc) is 3.48. The van der Waals surface area contributed by atoms with E-state index in [2.05, 4.69) is 25.0 Å². The van der Waals surface area contributed by atoms with Crippen LogP contribution in [-0.2, 0) is 24.8 Å². The monoisotopic (exact) mass is 700 g/mol. The maximum Gasteiger partial charge on any atom is 0.417 e. The standard InChI is InChI=1S/C39H42F2N2O6Si/c1-38(2)24-47-39(48-25-38,28-13-15-29(40)16-14-28)34(36(44)43-33(23-46-37(43)45)26-9-7-6-8-10-26)35(42-31-19-17-30(41)18-20-31)27-11-21-32(22-12-27)49-50(3,4)5/h6-22,33-35,42H,23-25H2,1-5H3/t33-,34-,35-/m1/s1. The molecule has 0 aliphatic carbocycles. The van der Waals surface area contributed by atoms with Crippen molar-refractivity contribution in [2.45, 2.75) is 51.4 Å². The number of hydrogen-bond donors (Lipinski definition) is 1. The number of halogens is 2. The molecule has 262 valence electrons. The first kappa shape index (κ1) is 35.3. The normalized spacial score (nSPS) is 19.7. The third-order valence-electron chi connectivity index (χ3n) is 8.73. The summed E-state index contributed by atoms with van der Waals surface area (Å²) >= 11 is 0. The molecule has 0 bridgehead atoms. The van der Waals surface area contributed by atoms with E-state index in [0.29, 0.717) is 28.1 Å². The predicted octanol–water partition coefficient (Wildman–Crippen LogP) is 8.59. The van der Waals surface area contributed by atoms with Crippen molar-refractivity contribution in [2.24, 2.45) is 11.3 Å². The number of anilines is 1. The Morgan fingerprint density at radius 3 is 2.02 bits per heavy atom. The summed E-state index contributed by atoms with van der Waals surface area (Å²) in [5.41, 5.74) is 1.82. The number of rotatable bonds is 10. The van der Waals surface area contributed by atoms with Crippen LogP contribution >= 0.6 is 0 Å². The van der Waals surface area contributed by atoms with E-state index < -0.39 is 61.2 Å². The van der Waals surface area contributed by atoms with Crippen LogP contribution in [0.2, 0.25) is 19.6 Å². The molecule has 0 spiro atoms. The van der Waals surface area contributed by atoms with Gasteiger partial charge in [-0.15, -0.1) is 0 Å². The minimum absolute atomic E-state index is 0.0433. The van der Waals surface area contributed by atoms with Gasteiger partial charge in [-0.1, -0.05) is 68.4 Å². The fourth-order valence-electron chi connectivity index (χ4n) is 6.34.